The van der Waals surface area contributed by atoms with Crippen molar-refractivity contribution in [3.8, 4) is 0 Å². The molecular formula is C22H28N2O5. The van der Waals surface area contributed by atoms with Gasteiger partial charge in [-0.15, -0.1) is 0 Å². The lowest BCUT2D eigenvalue weighted by atomic mass is 9.67. The van der Waals surface area contributed by atoms with Gasteiger partial charge >= 0.3 is 5.97 Å². The molecule has 1 aromatic rings. The lowest BCUT2D eigenvalue weighted by Gasteiger charge is -2.54. The maximum Gasteiger partial charge on any atom is 0.337 e. The van der Waals surface area contributed by atoms with Gasteiger partial charge in [0.25, 0.3) is 0 Å². The van der Waals surface area contributed by atoms with Gasteiger partial charge < -0.3 is 24.6 Å². The van der Waals surface area contributed by atoms with E-state index in [9.17, 15) is 14.8 Å². The predicted molar refractivity (Wildman–Crippen MR) is 108 cm³/mol. The zero-order valence-corrected chi connectivity index (χ0v) is 17.1. The molecule has 1 N–H and O–H groups in total. The fourth-order valence-electron chi connectivity index (χ4n) is 5.90. The third-order valence-corrected chi connectivity index (χ3v) is 7.26. The number of amides is 1. The van der Waals surface area contributed by atoms with E-state index in [4.69, 9.17) is 9.47 Å². The van der Waals surface area contributed by atoms with Crippen molar-refractivity contribution < 1.29 is 23.7 Å². The van der Waals surface area contributed by atoms with Crippen LogP contribution in [0.2, 0.25) is 0 Å². The van der Waals surface area contributed by atoms with Crippen LogP contribution in [0.25, 0.3) is 0 Å². The summed E-state index contributed by atoms with van der Waals surface area (Å²) in [5.74, 6) is -0.694. The smallest absolute Gasteiger partial charge is 0.337 e. The van der Waals surface area contributed by atoms with Crippen molar-refractivity contribution >= 4 is 17.6 Å². The fourth-order valence-corrected chi connectivity index (χ4v) is 5.90. The lowest BCUT2D eigenvalue weighted by molar-refractivity contribution is -0.904. The van der Waals surface area contributed by atoms with Crippen molar-refractivity contribution in [3.05, 3.63) is 46.9 Å². The number of rotatable bonds is 4. The van der Waals surface area contributed by atoms with E-state index in [2.05, 4.69) is 5.32 Å². The summed E-state index contributed by atoms with van der Waals surface area (Å²) in [6, 6.07) is 7.21. The summed E-state index contributed by atoms with van der Waals surface area (Å²) in [5, 5.41) is 16.9. The van der Waals surface area contributed by atoms with Crippen molar-refractivity contribution in [2.45, 2.75) is 37.6 Å². The molecule has 29 heavy (non-hydrogen) atoms. The predicted octanol–water partition coefficient (Wildman–Crippen LogP) is 2.71. The Hall–Kier alpha value is -2.38. The molecule has 3 heterocycles. The van der Waals surface area contributed by atoms with E-state index in [1.165, 1.54) is 20.5 Å². The Bertz CT molecular complexity index is 869. The SMILES string of the molecule is CC[C@H]1C[N+]2([O-])CCC3(C(=O)Nc4ccccc43)C2CC1/C(=C\OC)C(=O)OC. The summed E-state index contributed by atoms with van der Waals surface area (Å²) in [7, 11) is 2.85. The lowest BCUT2D eigenvalue weighted by Crippen LogP contribution is -2.61. The molecule has 0 aliphatic carbocycles. The van der Waals surface area contributed by atoms with Crippen LogP contribution in [-0.4, -0.2) is 49.9 Å². The number of ether oxygens (including phenoxy) is 2. The molecule has 1 spiro atoms. The first-order valence-electron chi connectivity index (χ1n) is 10.2. The van der Waals surface area contributed by atoms with Gasteiger partial charge in [0.2, 0.25) is 5.91 Å². The zero-order valence-electron chi connectivity index (χ0n) is 17.1. The first-order chi connectivity index (χ1) is 13.9. The van der Waals surface area contributed by atoms with Crippen molar-refractivity contribution in [3.63, 3.8) is 0 Å². The standard InChI is InChI=1S/C22H28N2O5/c1-4-14-12-24(27)10-9-22(17-7-5-6-8-18(17)23-21(22)26)19(24)11-15(14)16(13-28-2)20(25)29-3/h5-8,13-15,19H,4,9-12H2,1-3H3,(H,23,26)/b16-13+/t14-,15?,19?,22?,24?/m0/s1. The molecule has 7 nitrogen and oxygen atoms in total. The monoisotopic (exact) mass is 400 g/mol. The molecule has 2 fully saturated rings. The van der Waals surface area contributed by atoms with Crippen LogP contribution in [-0.2, 0) is 24.5 Å². The quantitative estimate of drug-likeness (QED) is 0.276. The summed E-state index contributed by atoms with van der Waals surface area (Å²) >= 11 is 0. The van der Waals surface area contributed by atoms with Crippen LogP contribution in [0.1, 0.15) is 31.7 Å². The zero-order chi connectivity index (χ0) is 20.8. The van der Waals surface area contributed by atoms with Crippen molar-refractivity contribution in [1.29, 1.82) is 0 Å². The first-order valence-corrected chi connectivity index (χ1v) is 10.2. The second kappa shape index (κ2) is 7.15. The highest BCUT2D eigenvalue weighted by Crippen LogP contribution is 2.56. The van der Waals surface area contributed by atoms with Gasteiger partial charge in [0.15, 0.2) is 0 Å². The van der Waals surface area contributed by atoms with E-state index in [-0.39, 0.29) is 22.4 Å². The number of anilines is 1. The minimum atomic E-state index is -0.844. The Morgan fingerprint density at radius 1 is 1.38 bits per heavy atom. The number of fused-ring (bicyclic) bond motifs is 4. The largest absolute Gasteiger partial charge is 0.633 e. The number of hydrogen-bond acceptors (Lipinski definition) is 5. The van der Waals surface area contributed by atoms with E-state index in [0.29, 0.717) is 31.5 Å². The Morgan fingerprint density at radius 3 is 2.83 bits per heavy atom. The molecule has 3 aliphatic rings. The van der Waals surface area contributed by atoms with E-state index < -0.39 is 17.4 Å². The molecule has 1 aromatic carbocycles. The van der Waals surface area contributed by atoms with Crippen LogP contribution in [0.15, 0.2) is 36.1 Å². The van der Waals surface area contributed by atoms with Gasteiger partial charge in [0, 0.05) is 30.4 Å². The Kier molecular flexibility index (Phi) is 4.91. The molecular weight excluding hydrogens is 372 g/mol. The summed E-state index contributed by atoms with van der Waals surface area (Å²) < 4.78 is 9.79. The third-order valence-electron chi connectivity index (χ3n) is 7.26. The number of para-hydroxylation sites is 1. The second-order valence-corrected chi connectivity index (χ2v) is 8.41. The summed E-state index contributed by atoms with van der Waals surface area (Å²) in [6.45, 7) is 2.84. The Morgan fingerprint density at radius 2 is 2.14 bits per heavy atom. The summed E-state index contributed by atoms with van der Waals surface area (Å²) in [6.07, 6.45) is 3.19. The second-order valence-electron chi connectivity index (χ2n) is 8.41. The van der Waals surface area contributed by atoms with Crippen molar-refractivity contribution in [1.82, 2.24) is 0 Å². The van der Waals surface area contributed by atoms with Gasteiger partial charge in [-0.05, 0) is 18.1 Å². The number of carbonyl (C=O) groups excluding carboxylic acids is 2. The topological polar surface area (TPSA) is 87.7 Å². The van der Waals surface area contributed by atoms with Crippen LogP contribution < -0.4 is 5.32 Å². The molecule has 7 heteroatoms. The molecule has 2 saturated heterocycles. The first kappa shape index (κ1) is 19.9. The van der Waals surface area contributed by atoms with Gasteiger partial charge in [-0.1, -0.05) is 25.1 Å². The van der Waals surface area contributed by atoms with Crippen LogP contribution >= 0.6 is 0 Å². The number of nitrogens with zero attached hydrogens (tertiary/aromatic N) is 1. The van der Waals surface area contributed by atoms with E-state index >= 15 is 0 Å². The number of hydrogen-bond donors (Lipinski definition) is 1. The number of quaternary nitrogens is 1. The molecule has 1 amide bonds. The number of benzene rings is 1. The van der Waals surface area contributed by atoms with Crippen LogP contribution in [0.3, 0.4) is 0 Å². The Labute approximate surface area is 170 Å². The summed E-state index contributed by atoms with van der Waals surface area (Å²) in [5.41, 5.74) is 1.31. The maximum absolute atomic E-state index is 13.9. The van der Waals surface area contributed by atoms with Gasteiger partial charge in [0.1, 0.15) is 11.5 Å². The molecule has 0 bridgehead atoms. The highest BCUT2D eigenvalue weighted by molar-refractivity contribution is 6.07. The number of nitrogens with one attached hydrogen (secondary N) is 1. The molecule has 0 aromatic heterocycles. The van der Waals surface area contributed by atoms with E-state index in [1.807, 2.05) is 31.2 Å². The van der Waals surface area contributed by atoms with Gasteiger partial charge in [-0.3, -0.25) is 4.79 Å². The number of hydroxylamine groups is 3. The number of esters is 1. The van der Waals surface area contributed by atoms with E-state index in [1.54, 1.807) is 0 Å². The molecule has 4 unspecified atom stereocenters. The van der Waals surface area contributed by atoms with Gasteiger partial charge in [0.05, 0.1) is 39.1 Å². The molecule has 0 saturated carbocycles. The van der Waals surface area contributed by atoms with Crippen molar-refractivity contribution in [2.24, 2.45) is 11.8 Å². The fraction of sp³-hybridized carbons (Fsp3) is 0.545. The molecule has 4 rings (SSSR count). The van der Waals surface area contributed by atoms with Gasteiger partial charge in [-0.25, -0.2) is 4.79 Å². The molecule has 5 atom stereocenters. The normalized spacial score (nSPS) is 35.8. The van der Waals surface area contributed by atoms with Gasteiger partial charge in [-0.2, -0.15) is 0 Å². The van der Waals surface area contributed by atoms with Crippen molar-refractivity contribution in [2.75, 3.05) is 32.6 Å². The Balaban J connectivity index is 1.79. The summed E-state index contributed by atoms with van der Waals surface area (Å²) in [4.78, 5) is 25.7. The number of methoxy groups -OCH3 is 2. The minimum Gasteiger partial charge on any atom is -0.633 e. The maximum atomic E-state index is 13.9. The van der Waals surface area contributed by atoms with Crippen LogP contribution in [0.4, 0.5) is 5.69 Å². The average Bonchev–Trinajstić information content (AvgIpc) is 3.19. The average molecular weight is 400 g/mol. The minimum absolute atomic E-state index is 0.0270. The third kappa shape index (κ3) is 2.79. The molecule has 3 aliphatic heterocycles. The number of piperidine rings is 1. The molecule has 156 valence electrons. The van der Waals surface area contributed by atoms with Crippen LogP contribution in [0.5, 0.6) is 0 Å². The molecule has 0 radical (unpaired) electrons. The number of carbonyl (C=O) groups is 2. The van der Waals surface area contributed by atoms with E-state index in [0.717, 1.165) is 17.7 Å². The van der Waals surface area contributed by atoms with Crippen LogP contribution in [0, 0.1) is 17.0 Å². The highest BCUT2D eigenvalue weighted by Gasteiger charge is 2.65. The highest BCUT2D eigenvalue weighted by atomic mass is 16.6.